The summed E-state index contributed by atoms with van der Waals surface area (Å²) in [4.78, 5) is 0. The molecule has 0 aromatic heterocycles. The van der Waals surface area contributed by atoms with Gasteiger partial charge in [-0.3, -0.25) is 0 Å². The summed E-state index contributed by atoms with van der Waals surface area (Å²) in [6.07, 6.45) is 3.52. The molecule has 2 aromatic rings. The van der Waals surface area contributed by atoms with Gasteiger partial charge in [-0.2, -0.15) is 0 Å². The average Bonchev–Trinajstić information content (AvgIpc) is 2.73. The first-order valence-electron chi connectivity index (χ1n) is 12.8. The molecule has 0 aliphatic carbocycles. The van der Waals surface area contributed by atoms with Crippen molar-refractivity contribution in [1.82, 2.24) is 21.3 Å². The van der Waals surface area contributed by atoms with Crippen LogP contribution in [-0.2, 0) is 13.1 Å². The molecule has 4 nitrogen and oxygen atoms in total. The van der Waals surface area contributed by atoms with E-state index in [0.717, 1.165) is 52.4 Å². The van der Waals surface area contributed by atoms with E-state index >= 15 is 0 Å². The Labute approximate surface area is 203 Å². The molecule has 0 bridgehead atoms. The molecule has 2 rings (SSSR count). The van der Waals surface area contributed by atoms with E-state index in [1.165, 1.54) is 63.8 Å². The second kappa shape index (κ2) is 15.2. The van der Waals surface area contributed by atoms with Gasteiger partial charge in [0.2, 0.25) is 0 Å². The SMILES string of the molecule is Cc1cc(C)c(CNCCCNCCCNCCCNCc2c(C)cc(C)cc2C)c(C)c1. The Morgan fingerprint density at radius 3 is 1.00 bits per heavy atom. The summed E-state index contributed by atoms with van der Waals surface area (Å²) in [5, 5.41) is 14.3. The van der Waals surface area contributed by atoms with E-state index in [1.54, 1.807) is 0 Å². The van der Waals surface area contributed by atoms with Crippen LogP contribution in [0, 0.1) is 41.5 Å². The molecule has 0 heterocycles. The fraction of sp³-hybridized carbons (Fsp3) is 0.586. The summed E-state index contributed by atoms with van der Waals surface area (Å²) in [6.45, 7) is 21.6. The van der Waals surface area contributed by atoms with Crippen molar-refractivity contribution in [2.24, 2.45) is 0 Å². The van der Waals surface area contributed by atoms with E-state index in [-0.39, 0.29) is 0 Å². The Hall–Kier alpha value is -1.72. The summed E-state index contributed by atoms with van der Waals surface area (Å²) in [6, 6.07) is 9.12. The highest BCUT2D eigenvalue weighted by molar-refractivity contribution is 5.38. The van der Waals surface area contributed by atoms with E-state index in [1.807, 2.05) is 0 Å². The highest BCUT2D eigenvalue weighted by Gasteiger charge is 2.04. The van der Waals surface area contributed by atoms with E-state index in [2.05, 4.69) is 87.1 Å². The van der Waals surface area contributed by atoms with Gasteiger partial charge in [0.15, 0.2) is 0 Å². The Morgan fingerprint density at radius 2 is 0.697 bits per heavy atom. The van der Waals surface area contributed by atoms with Gasteiger partial charge in [-0.05, 0) is 133 Å². The van der Waals surface area contributed by atoms with Crippen molar-refractivity contribution in [2.75, 3.05) is 39.3 Å². The van der Waals surface area contributed by atoms with Gasteiger partial charge in [0.05, 0.1) is 0 Å². The van der Waals surface area contributed by atoms with Crippen LogP contribution >= 0.6 is 0 Å². The maximum atomic E-state index is 3.60. The summed E-state index contributed by atoms with van der Waals surface area (Å²) in [5.41, 5.74) is 11.2. The van der Waals surface area contributed by atoms with Crippen LogP contribution in [0.3, 0.4) is 0 Å². The quantitative estimate of drug-likeness (QED) is 0.277. The zero-order chi connectivity index (χ0) is 24.1. The van der Waals surface area contributed by atoms with Gasteiger partial charge in [0.25, 0.3) is 0 Å². The van der Waals surface area contributed by atoms with Gasteiger partial charge in [0.1, 0.15) is 0 Å². The van der Waals surface area contributed by atoms with Crippen LogP contribution in [0.2, 0.25) is 0 Å². The van der Waals surface area contributed by atoms with Crippen molar-refractivity contribution in [1.29, 1.82) is 0 Å². The van der Waals surface area contributed by atoms with Crippen molar-refractivity contribution < 1.29 is 0 Å². The Kier molecular flexibility index (Phi) is 12.7. The predicted octanol–water partition coefficient (Wildman–Crippen LogP) is 4.77. The smallest absolute Gasteiger partial charge is 0.0210 e. The lowest BCUT2D eigenvalue weighted by molar-refractivity contribution is 0.551. The van der Waals surface area contributed by atoms with Crippen molar-refractivity contribution in [3.63, 3.8) is 0 Å². The number of rotatable bonds is 16. The topological polar surface area (TPSA) is 48.1 Å². The fourth-order valence-electron chi connectivity index (χ4n) is 4.67. The highest BCUT2D eigenvalue weighted by Crippen LogP contribution is 2.16. The first-order chi connectivity index (χ1) is 15.9. The third-order valence-electron chi connectivity index (χ3n) is 6.41. The minimum Gasteiger partial charge on any atom is -0.317 e. The van der Waals surface area contributed by atoms with Crippen molar-refractivity contribution in [3.8, 4) is 0 Å². The van der Waals surface area contributed by atoms with E-state index in [4.69, 9.17) is 0 Å². The maximum absolute atomic E-state index is 3.60. The molecule has 0 radical (unpaired) electrons. The summed E-state index contributed by atoms with van der Waals surface area (Å²) < 4.78 is 0. The van der Waals surface area contributed by atoms with E-state index < -0.39 is 0 Å². The van der Waals surface area contributed by atoms with E-state index in [9.17, 15) is 0 Å². The second-order valence-corrected chi connectivity index (χ2v) is 9.67. The van der Waals surface area contributed by atoms with Gasteiger partial charge in [0, 0.05) is 13.1 Å². The van der Waals surface area contributed by atoms with Crippen molar-refractivity contribution >= 4 is 0 Å². The normalized spacial score (nSPS) is 11.3. The molecule has 0 saturated heterocycles. The van der Waals surface area contributed by atoms with Crippen LogP contribution < -0.4 is 21.3 Å². The molecule has 0 spiro atoms. The Bertz CT molecular complexity index is 728. The molecule has 0 aliphatic heterocycles. The van der Waals surface area contributed by atoms with Gasteiger partial charge < -0.3 is 21.3 Å². The third kappa shape index (κ3) is 10.4. The van der Waals surface area contributed by atoms with Gasteiger partial charge >= 0.3 is 0 Å². The average molecular weight is 453 g/mol. The lowest BCUT2D eigenvalue weighted by Gasteiger charge is -2.13. The number of hydrogen-bond acceptors (Lipinski definition) is 4. The van der Waals surface area contributed by atoms with Gasteiger partial charge in [-0.15, -0.1) is 0 Å². The van der Waals surface area contributed by atoms with Crippen LogP contribution in [0.15, 0.2) is 24.3 Å². The summed E-state index contributed by atoms with van der Waals surface area (Å²) in [7, 11) is 0. The first-order valence-corrected chi connectivity index (χ1v) is 12.8. The van der Waals surface area contributed by atoms with Gasteiger partial charge in [-0.25, -0.2) is 0 Å². The number of benzene rings is 2. The first kappa shape index (κ1) is 27.5. The zero-order valence-electron chi connectivity index (χ0n) is 22.1. The highest BCUT2D eigenvalue weighted by atomic mass is 14.9. The molecule has 0 fully saturated rings. The molecule has 0 amide bonds. The van der Waals surface area contributed by atoms with Crippen molar-refractivity contribution in [3.05, 3.63) is 68.8 Å². The minimum atomic E-state index is 0.973. The summed E-state index contributed by atoms with van der Waals surface area (Å²) >= 11 is 0. The van der Waals surface area contributed by atoms with Crippen LogP contribution in [0.4, 0.5) is 0 Å². The lowest BCUT2D eigenvalue weighted by Crippen LogP contribution is -2.27. The van der Waals surface area contributed by atoms with Crippen LogP contribution in [0.5, 0.6) is 0 Å². The van der Waals surface area contributed by atoms with Crippen LogP contribution in [-0.4, -0.2) is 39.3 Å². The summed E-state index contributed by atoms with van der Waals surface area (Å²) in [5.74, 6) is 0. The number of hydrogen-bond donors (Lipinski definition) is 4. The molecule has 184 valence electrons. The van der Waals surface area contributed by atoms with Crippen LogP contribution in [0.25, 0.3) is 0 Å². The van der Waals surface area contributed by atoms with E-state index in [0.29, 0.717) is 0 Å². The van der Waals surface area contributed by atoms with Crippen molar-refractivity contribution in [2.45, 2.75) is 73.9 Å². The molecule has 0 atom stereocenters. The zero-order valence-corrected chi connectivity index (χ0v) is 22.1. The Balaban J connectivity index is 1.38. The largest absolute Gasteiger partial charge is 0.317 e. The number of nitrogens with one attached hydrogen (secondary N) is 4. The molecule has 33 heavy (non-hydrogen) atoms. The molecular formula is C29H48N4. The molecule has 2 aromatic carbocycles. The molecule has 0 aliphatic rings. The monoisotopic (exact) mass is 452 g/mol. The second-order valence-electron chi connectivity index (χ2n) is 9.67. The molecular weight excluding hydrogens is 404 g/mol. The molecule has 4 heteroatoms. The predicted molar refractivity (Wildman–Crippen MR) is 144 cm³/mol. The van der Waals surface area contributed by atoms with Gasteiger partial charge in [-0.1, -0.05) is 35.4 Å². The molecule has 4 N–H and O–H groups in total. The standard InChI is InChI=1S/C29H48N4/c1-22-16-24(3)28(25(4)17-22)20-32-14-8-12-30-10-7-11-31-13-9-15-33-21-29-26(5)18-23(2)19-27(29)6/h16-19,30-33H,7-15,20-21H2,1-6H3. The Morgan fingerprint density at radius 1 is 0.424 bits per heavy atom. The third-order valence-corrected chi connectivity index (χ3v) is 6.41. The molecule has 0 saturated carbocycles. The lowest BCUT2D eigenvalue weighted by atomic mass is 10.00. The number of aryl methyl sites for hydroxylation is 6. The molecule has 0 unspecified atom stereocenters. The minimum absolute atomic E-state index is 0.973. The maximum Gasteiger partial charge on any atom is 0.0210 e. The van der Waals surface area contributed by atoms with Crippen LogP contribution in [0.1, 0.15) is 63.8 Å². The fourth-order valence-corrected chi connectivity index (χ4v) is 4.67.